The Labute approximate surface area is 302 Å². The summed E-state index contributed by atoms with van der Waals surface area (Å²) >= 11 is 3.06. The van der Waals surface area contributed by atoms with Gasteiger partial charge in [-0.2, -0.15) is 0 Å². The SMILES string of the molecule is C=C(Br)C(=O)Nc1ccc2c(c1)cc(C(=O)NCCNC(=O)c1cc(OCC3(c4ccc(-c5ccccc5)cc4)CC(=C)C(=O)O3)nn1C)n2C. The van der Waals surface area contributed by atoms with E-state index < -0.39 is 17.5 Å². The van der Waals surface area contributed by atoms with E-state index in [1.165, 1.54) is 10.7 Å². The van der Waals surface area contributed by atoms with E-state index in [4.69, 9.17) is 9.47 Å². The molecule has 1 aliphatic rings. The number of halogens is 1. The zero-order valence-electron chi connectivity index (χ0n) is 28.0. The fourth-order valence-corrected chi connectivity index (χ4v) is 6.02. The number of hydrogen-bond acceptors (Lipinski definition) is 7. The third-order valence-corrected chi connectivity index (χ3v) is 8.97. The van der Waals surface area contributed by atoms with Crippen LogP contribution >= 0.6 is 15.9 Å². The lowest BCUT2D eigenvalue weighted by molar-refractivity contribution is -0.150. The lowest BCUT2D eigenvalue weighted by Crippen LogP contribution is -2.35. The maximum absolute atomic E-state index is 13.0. The Morgan fingerprint density at radius 2 is 1.59 bits per heavy atom. The maximum atomic E-state index is 13.0. The zero-order valence-corrected chi connectivity index (χ0v) is 29.6. The lowest BCUT2D eigenvalue weighted by Gasteiger charge is -2.27. The molecule has 0 spiro atoms. The molecule has 3 amide bonds. The van der Waals surface area contributed by atoms with Crippen LogP contribution in [0.25, 0.3) is 22.0 Å². The molecule has 6 rings (SSSR count). The van der Waals surface area contributed by atoms with Gasteiger partial charge in [0.05, 0.1) is 4.48 Å². The number of fused-ring (bicyclic) bond motifs is 1. The number of aryl methyl sites for hydroxylation is 2. The van der Waals surface area contributed by atoms with Crippen molar-refractivity contribution in [2.75, 3.05) is 25.0 Å². The molecule has 1 saturated heterocycles. The van der Waals surface area contributed by atoms with Gasteiger partial charge in [0.2, 0.25) is 5.88 Å². The molecule has 3 heterocycles. The average Bonchev–Trinajstić information content (AvgIpc) is 3.77. The van der Waals surface area contributed by atoms with E-state index in [1.807, 2.05) is 60.7 Å². The van der Waals surface area contributed by atoms with Gasteiger partial charge in [0.15, 0.2) is 5.60 Å². The number of amides is 3. The van der Waals surface area contributed by atoms with Crippen molar-refractivity contribution in [3.05, 3.63) is 125 Å². The van der Waals surface area contributed by atoms with Crippen molar-refractivity contribution in [2.45, 2.75) is 12.0 Å². The molecule has 5 aromatic rings. The molecule has 3 N–H and O–H groups in total. The molecular formula is C38H35BrN6O6. The van der Waals surface area contributed by atoms with Crippen LogP contribution in [0.3, 0.4) is 0 Å². The lowest BCUT2D eigenvalue weighted by atomic mass is 9.89. The first-order valence-corrected chi connectivity index (χ1v) is 16.8. The van der Waals surface area contributed by atoms with Gasteiger partial charge in [-0.1, -0.05) is 67.8 Å². The van der Waals surface area contributed by atoms with E-state index in [0.29, 0.717) is 17.0 Å². The Morgan fingerprint density at radius 3 is 2.24 bits per heavy atom. The first-order chi connectivity index (χ1) is 24.4. The highest BCUT2D eigenvalue weighted by Gasteiger charge is 2.45. The van der Waals surface area contributed by atoms with Crippen molar-refractivity contribution in [1.29, 1.82) is 0 Å². The molecule has 1 fully saturated rings. The fraction of sp³-hybridized carbons (Fsp3) is 0.184. The Morgan fingerprint density at radius 1 is 0.922 bits per heavy atom. The van der Waals surface area contributed by atoms with Gasteiger partial charge in [-0.25, -0.2) is 4.79 Å². The van der Waals surface area contributed by atoms with Crippen molar-refractivity contribution in [1.82, 2.24) is 25.0 Å². The summed E-state index contributed by atoms with van der Waals surface area (Å²) in [7, 11) is 3.39. The minimum Gasteiger partial charge on any atom is -0.472 e. The molecule has 0 bridgehead atoms. The van der Waals surface area contributed by atoms with Crippen molar-refractivity contribution < 1.29 is 28.7 Å². The van der Waals surface area contributed by atoms with E-state index in [0.717, 1.165) is 27.6 Å². The minimum atomic E-state index is -1.10. The predicted octanol–water partition coefficient (Wildman–Crippen LogP) is 5.36. The number of hydrogen-bond donors (Lipinski definition) is 3. The van der Waals surface area contributed by atoms with Gasteiger partial charge in [-0.15, -0.1) is 5.10 Å². The van der Waals surface area contributed by atoms with Crippen LogP contribution in [0.5, 0.6) is 5.88 Å². The summed E-state index contributed by atoms with van der Waals surface area (Å²) in [6.07, 6.45) is 0.244. The number of ether oxygens (including phenoxy) is 2. The Kier molecular flexibility index (Phi) is 9.92. The van der Waals surface area contributed by atoms with Crippen molar-refractivity contribution in [3.63, 3.8) is 0 Å². The van der Waals surface area contributed by atoms with Crippen LogP contribution in [-0.2, 0) is 34.0 Å². The number of carbonyl (C=O) groups excluding carboxylic acids is 4. The Balaban J connectivity index is 1.04. The van der Waals surface area contributed by atoms with Crippen LogP contribution < -0.4 is 20.7 Å². The first kappa shape index (κ1) is 34.9. The van der Waals surface area contributed by atoms with E-state index in [2.05, 4.69) is 50.1 Å². The number of aromatic nitrogens is 3. The molecule has 1 unspecified atom stereocenters. The molecule has 1 aliphatic heterocycles. The van der Waals surface area contributed by atoms with Crippen LogP contribution in [0.4, 0.5) is 5.69 Å². The predicted molar refractivity (Wildman–Crippen MR) is 196 cm³/mol. The fourth-order valence-electron chi connectivity index (χ4n) is 5.92. The Bertz CT molecular complexity index is 2170. The van der Waals surface area contributed by atoms with Crippen LogP contribution in [0.2, 0.25) is 0 Å². The second kappa shape index (κ2) is 14.5. The van der Waals surface area contributed by atoms with Gasteiger partial charge < -0.3 is 30.0 Å². The van der Waals surface area contributed by atoms with E-state index >= 15 is 0 Å². The molecule has 2 aromatic heterocycles. The van der Waals surface area contributed by atoms with Crippen molar-refractivity contribution in [2.24, 2.45) is 14.1 Å². The summed E-state index contributed by atoms with van der Waals surface area (Å²) in [4.78, 5) is 50.5. The highest BCUT2D eigenvalue weighted by atomic mass is 79.9. The van der Waals surface area contributed by atoms with Crippen LogP contribution in [-0.4, -0.2) is 57.7 Å². The monoisotopic (exact) mass is 750 g/mol. The molecule has 0 radical (unpaired) electrons. The van der Waals surface area contributed by atoms with Crippen LogP contribution in [0.15, 0.2) is 108 Å². The van der Waals surface area contributed by atoms with Crippen molar-refractivity contribution >= 4 is 56.2 Å². The molecule has 13 heteroatoms. The maximum Gasteiger partial charge on any atom is 0.334 e. The number of nitrogens with zero attached hydrogens (tertiary/aromatic N) is 3. The van der Waals surface area contributed by atoms with E-state index in [9.17, 15) is 19.2 Å². The molecule has 0 saturated carbocycles. The van der Waals surface area contributed by atoms with Gasteiger partial charge in [0.25, 0.3) is 17.7 Å². The average molecular weight is 752 g/mol. The van der Waals surface area contributed by atoms with Gasteiger partial charge in [-0.05, 0) is 56.9 Å². The van der Waals surface area contributed by atoms with Gasteiger partial charge in [0, 0.05) is 61.8 Å². The van der Waals surface area contributed by atoms with E-state index in [-0.39, 0.29) is 54.0 Å². The number of cyclic esters (lactones) is 1. The first-order valence-electron chi connectivity index (χ1n) is 16.0. The number of anilines is 1. The molecule has 51 heavy (non-hydrogen) atoms. The Hall–Kier alpha value is -5.95. The summed E-state index contributed by atoms with van der Waals surface area (Å²) in [6.45, 7) is 7.72. The smallest absolute Gasteiger partial charge is 0.334 e. The summed E-state index contributed by atoms with van der Waals surface area (Å²) < 4.78 is 15.2. The van der Waals surface area contributed by atoms with Gasteiger partial charge in [-0.3, -0.25) is 19.1 Å². The number of esters is 1. The molecular weight excluding hydrogens is 716 g/mol. The highest BCUT2D eigenvalue weighted by Crippen LogP contribution is 2.40. The largest absolute Gasteiger partial charge is 0.472 e. The third-order valence-electron chi connectivity index (χ3n) is 8.61. The molecule has 260 valence electrons. The standard InChI is InChI=1S/C38H35BrN6O6/c1-23-21-38(51-37(23)49,28-12-10-26(11-13-28)25-8-6-5-7-9-25)22-50-33-20-32(45(4)43-33)36(48)41-17-16-40-35(47)31-19-27-18-29(42-34(46)24(2)39)14-15-30(27)44(31)3/h5-15,18-20H,1-2,16-17,21-22H2,3-4H3,(H,40,47)(H,41,48)(H,42,46). The molecule has 12 nitrogen and oxygen atoms in total. The second-order valence-electron chi connectivity index (χ2n) is 12.1. The summed E-state index contributed by atoms with van der Waals surface area (Å²) in [6, 6.07) is 26.3. The molecule has 0 aliphatic carbocycles. The quantitative estimate of drug-likeness (QED) is 0.0884. The number of rotatable bonds is 12. The molecule has 1 atom stereocenters. The number of benzene rings is 3. The van der Waals surface area contributed by atoms with E-state index in [1.54, 1.807) is 36.9 Å². The van der Waals surface area contributed by atoms with Crippen molar-refractivity contribution in [3.8, 4) is 17.0 Å². The third kappa shape index (κ3) is 7.48. The summed E-state index contributed by atoms with van der Waals surface area (Å²) in [5.74, 6) is -1.40. The number of carbonyl (C=O) groups is 4. The van der Waals surface area contributed by atoms with Crippen LogP contribution in [0, 0.1) is 0 Å². The zero-order chi connectivity index (χ0) is 36.3. The van der Waals surface area contributed by atoms with Gasteiger partial charge >= 0.3 is 5.97 Å². The summed E-state index contributed by atoms with van der Waals surface area (Å²) in [5, 5.41) is 13.4. The summed E-state index contributed by atoms with van der Waals surface area (Å²) in [5.41, 5.74) is 4.11. The molecule has 3 aromatic carbocycles. The highest BCUT2D eigenvalue weighted by molar-refractivity contribution is 9.12. The van der Waals surface area contributed by atoms with Crippen LogP contribution in [0.1, 0.15) is 33.0 Å². The van der Waals surface area contributed by atoms with Gasteiger partial charge in [0.1, 0.15) is 18.0 Å². The minimum absolute atomic E-state index is 0.0384. The topological polar surface area (TPSA) is 146 Å². The second-order valence-corrected chi connectivity index (χ2v) is 13.1. The number of nitrogens with one attached hydrogen (secondary N) is 3. The normalized spacial score (nSPS) is 15.4.